The summed E-state index contributed by atoms with van der Waals surface area (Å²) in [6, 6.07) is 3.34. The standard InChI is InChI=1S/C17H27NO4/c1-11-14(21-5)7-12(8-15(11)22-6)16(20)18-10-13(19)9-17(2,3)4/h7-8,13,19H,9-10H2,1-6H3,(H,18,20). The van der Waals surface area contributed by atoms with Crippen LogP contribution in [0.15, 0.2) is 12.1 Å². The lowest BCUT2D eigenvalue weighted by Crippen LogP contribution is -2.34. The van der Waals surface area contributed by atoms with E-state index in [1.54, 1.807) is 26.4 Å². The highest BCUT2D eigenvalue weighted by atomic mass is 16.5. The third-order valence-corrected chi connectivity index (χ3v) is 3.36. The molecule has 0 fully saturated rings. The van der Waals surface area contributed by atoms with E-state index in [9.17, 15) is 9.90 Å². The summed E-state index contributed by atoms with van der Waals surface area (Å²) < 4.78 is 10.5. The highest BCUT2D eigenvalue weighted by molar-refractivity contribution is 5.95. The smallest absolute Gasteiger partial charge is 0.251 e. The van der Waals surface area contributed by atoms with Crippen molar-refractivity contribution in [3.63, 3.8) is 0 Å². The zero-order valence-electron chi connectivity index (χ0n) is 14.3. The second-order valence-electron chi connectivity index (χ2n) is 6.63. The number of benzene rings is 1. The van der Waals surface area contributed by atoms with E-state index >= 15 is 0 Å². The van der Waals surface area contributed by atoms with Crippen LogP contribution in [0, 0.1) is 12.3 Å². The maximum Gasteiger partial charge on any atom is 0.251 e. The number of nitrogens with one attached hydrogen (secondary N) is 1. The van der Waals surface area contributed by atoms with Gasteiger partial charge < -0.3 is 19.9 Å². The summed E-state index contributed by atoms with van der Waals surface area (Å²) in [5, 5.41) is 12.7. The lowest BCUT2D eigenvalue weighted by Gasteiger charge is -2.22. The molecule has 1 aromatic carbocycles. The highest BCUT2D eigenvalue weighted by Gasteiger charge is 2.18. The third-order valence-electron chi connectivity index (χ3n) is 3.36. The molecule has 0 saturated heterocycles. The molecule has 0 aliphatic carbocycles. The Morgan fingerprint density at radius 1 is 1.23 bits per heavy atom. The van der Waals surface area contributed by atoms with Gasteiger partial charge in [-0.05, 0) is 30.9 Å². The van der Waals surface area contributed by atoms with Crippen molar-refractivity contribution < 1.29 is 19.4 Å². The minimum Gasteiger partial charge on any atom is -0.496 e. The summed E-state index contributed by atoms with van der Waals surface area (Å²) >= 11 is 0. The first-order valence-corrected chi connectivity index (χ1v) is 7.37. The lowest BCUT2D eigenvalue weighted by molar-refractivity contribution is 0.0868. The molecule has 0 bridgehead atoms. The number of hydrogen-bond acceptors (Lipinski definition) is 4. The predicted octanol–water partition coefficient (Wildman–Crippen LogP) is 2.54. The van der Waals surface area contributed by atoms with E-state index < -0.39 is 6.10 Å². The molecule has 124 valence electrons. The summed E-state index contributed by atoms with van der Waals surface area (Å²) in [5.74, 6) is 0.934. The zero-order chi connectivity index (χ0) is 16.9. The van der Waals surface area contributed by atoms with Crippen molar-refractivity contribution in [1.82, 2.24) is 5.32 Å². The minimum absolute atomic E-state index is 0.0143. The van der Waals surface area contributed by atoms with Gasteiger partial charge in [0.25, 0.3) is 5.91 Å². The Kier molecular flexibility index (Phi) is 6.23. The molecule has 2 N–H and O–H groups in total. The van der Waals surface area contributed by atoms with Crippen molar-refractivity contribution in [1.29, 1.82) is 0 Å². The van der Waals surface area contributed by atoms with Gasteiger partial charge in [-0.25, -0.2) is 0 Å². The molecule has 1 amide bonds. The first-order valence-electron chi connectivity index (χ1n) is 7.37. The molecule has 5 nitrogen and oxygen atoms in total. The van der Waals surface area contributed by atoms with Gasteiger partial charge in [-0.3, -0.25) is 4.79 Å². The summed E-state index contributed by atoms with van der Waals surface area (Å²) in [6.45, 7) is 8.23. The third kappa shape index (κ3) is 5.22. The van der Waals surface area contributed by atoms with Crippen LogP contribution in [-0.2, 0) is 0 Å². The summed E-state index contributed by atoms with van der Waals surface area (Å²) in [7, 11) is 3.10. The number of carbonyl (C=O) groups is 1. The van der Waals surface area contributed by atoms with Gasteiger partial charge in [0.05, 0.1) is 20.3 Å². The Morgan fingerprint density at radius 2 is 1.73 bits per heavy atom. The van der Waals surface area contributed by atoms with E-state index in [1.165, 1.54) is 0 Å². The summed E-state index contributed by atoms with van der Waals surface area (Å²) in [4.78, 5) is 12.2. The molecule has 5 heteroatoms. The van der Waals surface area contributed by atoms with Crippen LogP contribution in [0.25, 0.3) is 0 Å². The van der Waals surface area contributed by atoms with E-state index in [4.69, 9.17) is 9.47 Å². The van der Waals surface area contributed by atoms with Crippen molar-refractivity contribution in [3.8, 4) is 11.5 Å². The van der Waals surface area contributed by atoms with E-state index in [2.05, 4.69) is 5.32 Å². The molecule has 0 aliphatic rings. The average molecular weight is 309 g/mol. The first kappa shape index (κ1) is 18.3. The van der Waals surface area contributed by atoms with Crippen molar-refractivity contribution in [2.24, 2.45) is 5.41 Å². The lowest BCUT2D eigenvalue weighted by atomic mass is 9.89. The van der Waals surface area contributed by atoms with E-state index in [0.29, 0.717) is 23.5 Å². The van der Waals surface area contributed by atoms with Crippen LogP contribution in [0.4, 0.5) is 0 Å². The molecule has 0 aromatic heterocycles. The number of carbonyl (C=O) groups excluding carboxylic acids is 1. The molecule has 0 saturated carbocycles. The number of hydrogen-bond donors (Lipinski definition) is 2. The second kappa shape index (κ2) is 7.49. The fourth-order valence-electron chi connectivity index (χ4n) is 2.31. The molecule has 1 rings (SSSR count). The number of methoxy groups -OCH3 is 2. The van der Waals surface area contributed by atoms with Crippen molar-refractivity contribution >= 4 is 5.91 Å². The van der Waals surface area contributed by atoms with Gasteiger partial charge in [-0.15, -0.1) is 0 Å². The Balaban J connectivity index is 2.77. The van der Waals surface area contributed by atoms with E-state index in [-0.39, 0.29) is 17.9 Å². The predicted molar refractivity (Wildman–Crippen MR) is 86.7 cm³/mol. The van der Waals surface area contributed by atoms with Crippen LogP contribution in [0.2, 0.25) is 0 Å². The Morgan fingerprint density at radius 3 is 2.14 bits per heavy atom. The van der Waals surface area contributed by atoms with Crippen LogP contribution in [0.3, 0.4) is 0 Å². The highest BCUT2D eigenvalue weighted by Crippen LogP contribution is 2.29. The number of aliphatic hydroxyl groups excluding tert-OH is 1. The minimum atomic E-state index is -0.571. The Bertz CT molecular complexity index is 495. The summed E-state index contributed by atoms with van der Waals surface area (Å²) in [5.41, 5.74) is 1.30. The van der Waals surface area contributed by atoms with Gasteiger partial charge in [0.1, 0.15) is 11.5 Å². The topological polar surface area (TPSA) is 67.8 Å². The molecule has 1 atom stereocenters. The van der Waals surface area contributed by atoms with Gasteiger partial charge in [0.2, 0.25) is 0 Å². The van der Waals surface area contributed by atoms with Gasteiger partial charge in [-0.2, -0.15) is 0 Å². The number of rotatable bonds is 6. The van der Waals surface area contributed by atoms with Gasteiger partial charge in [0, 0.05) is 17.7 Å². The molecular weight excluding hydrogens is 282 g/mol. The average Bonchev–Trinajstić information content (AvgIpc) is 2.43. The number of ether oxygens (including phenoxy) is 2. The molecule has 0 radical (unpaired) electrons. The van der Waals surface area contributed by atoms with Gasteiger partial charge >= 0.3 is 0 Å². The van der Waals surface area contributed by atoms with Crippen LogP contribution < -0.4 is 14.8 Å². The fraction of sp³-hybridized carbons (Fsp3) is 0.588. The molecule has 1 unspecified atom stereocenters. The zero-order valence-corrected chi connectivity index (χ0v) is 14.3. The molecule has 0 heterocycles. The first-order chi connectivity index (χ1) is 10.2. The van der Waals surface area contributed by atoms with Crippen molar-refractivity contribution in [3.05, 3.63) is 23.3 Å². The van der Waals surface area contributed by atoms with Gasteiger partial charge in [-0.1, -0.05) is 20.8 Å². The molecule has 0 aliphatic heterocycles. The maximum atomic E-state index is 12.2. The van der Waals surface area contributed by atoms with Crippen LogP contribution in [0.1, 0.15) is 43.1 Å². The van der Waals surface area contributed by atoms with Crippen LogP contribution in [0.5, 0.6) is 11.5 Å². The SMILES string of the molecule is COc1cc(C(=O)NCC(O)CC(C)(C)C)cc(OC)c1C. The number of amides is 1. The fourth-order valence-corrected chi connectivity index (χ4v) is 2.31. The Labute approximate surface area is 132 Å². The maximum absolute atomic E-state index is 12.2. The van der Waals surface area contributed by atoms with Crippen molar-refractivity contribution in [2.75, 3.05) is 20.8 Å². The monoisotopic (exact) mass is 309 g/mol. The largest absolute Gasteiger partial charge is 0.496 e. The quantitative estimate of drug-likeness (QED) is 0.847. The van der Waals surface area contributed by atoms with E-state index in [0.717, 1.165) is 5.56 Å². The van der Waals surface area contributed by atoms with E-state index in [1.807, 2.05) is 27.7 Å². The molecule has 22 heavy (non-hydrogen) atoms. The van der Waals surface area contributed by atoms with Crippen LogP contribution >= 0.6 is 0 Å². The van der Waals surface area contributed by atoms with Gasteiger partial charge in [0.15, 0.2) is 0 Å². The molecule has 1 aromatic rings. The van der Waals surface area contributed by atoms with Crippen LogP contribution in [-0.4, -0.2) is 37.9 Å². The molecule has 0 spiro atoms. The number of aliphatic hydroxyl groups is 1. The second-order valence-corrected chi connectivity index (χ2v) is 6.63. The Hall–Kier alpha value is -1.75. The summed E-state index contributed by atoms with van der Waals surface area (Å²) in [6.07, 6.45) is 0.0477. The van der Waals surface area contributed by atoms with Crippen molar-refractivity contribution in [2.45, 2.75) is 40.2 Å². The normalized spacial score (nSPS) is 12.7. The molecular formula is C17H27NO4.